The highest BCUT2D eigenvalue weighted by Gasteiger charge is 2.13. The van der Waals surface area contributed by atoms with Crippen LogP contribution in [-0.4, -0.2) is 33.3 Å². The number of nitrogen functional groups attached to an aromatic ring is 2. The second-order valence-corrected chi connectivity index (χ2v) is 4.20. The minimum atomic E-state index is -1.38. The van der Waals surface area contributed by atoms with E-state index < -0.39 is 6.29 Å². The topological polar surface area (TPSA) is 116 Å². The molecule has 0 spiro atoms. The summed E-state index contributed by atoms with van der Waals surface area (Å²) in [5.74, 6) is 0. The molecule has 0 atom stereocenters. The predicted octanol–water partition coefficient (Wildman–Crippen LogP) is 0.305. The number of nitrogens with two attached hydrogens (primary N) is 2. The molecule has 0 aliphatic carbocycles. The van der Waals surface area contributed by atoms with Gasteiger partial charge in [-0.2, -0.15) is 5.06 Å². The molecule has 1 rings (SSSR count). The zero-order valence-corrected chi connectivity index (χ0v) is 10.5. The van der Waals surface area contributed by atoms with Crippen LogP contribution in [0.4, 0.5) is 11.4 Å². The van der Waals surface area contributed by atoms with Gasteiger partial charge in [-0.15, -0.1) is 0 Å². The third kappa shape index (κ3) is 3.85. The normalized spacial score (nSPS) is 11.4. The zero-order valence-electron chi connectivity index (χ0n) is 10.5. The van der Waals surface area contributed by atoms with Crippen LogP contribution >= 0.6 is 0 Å². The van der Waals surface area contributed by atoms with Crippen LogP contribution in [0.3, 0.4) is 0 Å². The number of anilines is 2. The minimum Gasteiger partial charge on any atom is -0.398 e. The van der Waals surface area contributed by atoms with Crippen LogP contribution in [0.2, 0.25) is 0 Å². The number of aliphatic hydroxyl groups is 2. The second-order valence-electron chi connectivity index (χ2n) is 4.20. The maximum absolute atomic E-state index is 9.57. The largest absolute Gasteiger partial charge is 0.398 e. The number of nitrogens with zero attached hydrogens (tertiary/aromatic N) is 1. The fraction of sp³-hybridized carbons (Fsp3) is 0.500. The van der Waals surface area contributed by atoms with Crippen molar-refractivity contribution in [1.29, 1.82) is 0 Å². The van der Waals surface area contributed by atoms with Crippen molar-refractivity contribution in [2.75, 3.05) is 18.0 Å². The number of rotatable bonds is 6. The van der Waals surface area contributed by atoms with Gasteiger partial charge >= 0.3 is 0 Å². The number of hydrogen-bond acceptors (Lipinski definition) is 6. The second kappa shape index (κ2) is 6.55. The summed E-state index contributed by atoms with van der Waals surface area (Å²) in [5, 5.41) is 28.5. The lowest BCUT2D eigenvalue weighted by atomic mass is 9.98. The molecule has 0 aliphatic heterocycles. The molecule has 0 aliphatic rings. The molecular formula is C12H21N3O3. The van der Waals surface area contributed by atoms with Gasteiger partial charge < -0.3 is 26.9 Å². The summed E-state index contributed by atoms with van der Waals surface area (Å²) in [4.78, 5) is 0. The molecule has 6 nitrogen and oxygen atoms in total. The van der Waals surface area contributed by atoms with E-state index in [2.05, 4.69) is 0 Å². The Kier molecular flexibility index (Phi) is 5.36. The summed E-state index contributed by atoms with van der Waals surface area (Å²) in [6.07, 6.45) is -0.797. The van der Waals surface area contributed by atoms with Gasteiger partial charge in [-0.25, -0.2) is 0 Å². The summed E-state index contributed by atoms with van der Waals surface area (Å²) in [7, 11) is 0. The van der Waals surface area contributed by atoms with Crippen molar-refractivity contribution >= 4 is 11.4 Å². The molecule has 0 fully saturated rings. The van der Waals surface area contributed by atoms with Gasteiger partial charge in [0, 0.05) is 24.3 Å². The van der Waals surface area contributed by atoms with E-state index >= 15 is 0 Å². The van der Waals surface area contributed by atoms with Gasteiger partial charge in [0.1, 0.15) is 0 Å². The van der Waals surface area contributed by atoms with E-state index in [9.17, 15) is 5.21 Å². The van der Waals surface area contributed by atoms with Crippen LogP contribution in [0, 0.1) is 0 Å². The molecule has 0 bridgehead atoms. The average Bonchev–Trinajstić information content (AvgIpc) is 2.32. The first-order chi connectivity index (χ1) is 8.45. The maximum atomic E-state index is 9.57. The fourth-order valence-corrected chi connectivity index (χ4v) is 1.78. The van der Waals surface area contributed by atoms with Gasteiger partial charge in [-0.05, 0) is 29.7 Å². The molecule has 18 heavy (non-hydrogen) atoms. The van der Waals surface area contributed by atoms with Gasteiger partial charge in [0.05, 0.1) is 6.54 Å². The van der Waals surface area contributed by atoms with E-state index in [1.165, 1.54) is 0 Å². The Hall–Kier alpha value is -1.34. The molecule has 1 aromatic carbocycles. The smallest absolute Gasteiger partial charge is 0.151 e. The summed E-state index contributed by atoms with van der Waals surface area (Å²) in [6, 6.07) is 3.37. The molecular weight excluding hydrogens is 234 g/mol. The lowest BCUT2D eigenvalue weighted by molar-refractivity contribution is -0.0946. The minimum absolute atomic E-state index is 0.179. The van der Waals surface area contributed by atoms with Crippen LogP contribution in [0.1, 0.15) is 24.5 Å². The maximum Gasteiger partial charge on any atom is 0.151 e. The molecule has 0 saturated heterocycles. The van der Waals surface area contributed by atoms with Crippen LogP contribution in [0.5, 0.6) is 0 Å². The quantitative estimate of drug-likeness (QED) is 0.284. The lowest BCUT2D eigenvalue weighted by Crippen LogP contribution is -2.20. The van der Waals surface area contributed by atoms with Crippen LogP contribution in [-0.2, 0) is 13.0 Å². The van der Waals surface area contributed by atoms with Gasteiger partial charge in [0.25, 0.3) is 0 Å². The molecule has 7 N–H and O–H groups in total. The molecule has 1 aromatic rings. The number of hydrogen-bond donors (Lipinski definition) is 5. The van der Waals surface area contributed by atoms with Crippen molar-refractivity contribution in [3.05, 3.63) is 23.3 Å². The van der Waals surface area contributed by atoms with Gasteiger partial charge in [-0.3, -0.25) is 0 Å². The molecule has 0 heterocycles. The van der Waals surface area contributed by atoms with E-state index in [-0.39, 0.29) is 13.0 Å². The number of benzene rings is 1. The van der Waals surface area contributed by atoms with E-state index in [1.807, 2.05) is 6.92 Å². The summed E-state index contributed by atoms with van der Waals surface area (Å²) < 4.78 is 0. The Balaban J connectivity index is 3.00. The van der Waals surface area contributed by atoms with Gasteiger partial charge in [-0.1, -0.05) is 6.92 Å². The number of hydroxylamine groups is 2. The van der Waals surface area contributed by atoms with Crippen LogP contribution < -0.4 is 11.5 Å². The standard InChI is InChI=1S/C12H21N3O3/c1-2-15(18)7-9-8(3-6-12(16)17)10(13)4-5-11(9)14/h4-5,12,16-18H,2-3,6-7,13-14H2,1H3. The predicted molar refractivity (Wildman–Crippen MR) is 69.7 cm³/mol. The Morgan fingerprint density at radius 2 is 1.72 bits per heavy atom. The van der Waals surface area contributed by atoms with Gasteiger partial charge in [0.2, 0.25) is 0 Å². The van der Waals surface area contributed by atoms with Crippen molar-refractivity contribution in [2.45, 2.75) is 32.6 Å². The number of aliphatic hydroxyl groups excluding tert-OH is 1. The Morgan fingerprint density at radius 3 is 2.22 bits per heavy atom. The average molecular weight is 255 g/mol. The van der Waals surface area contributed by atoms with Crippen LogP contribution in [0.15, 0.2) is 12.1 Å². The van der Waals surface area contributed by atoms with E-state index in [4.69, 9.17) is 21.7 Å². The first-order valence-electron chi connectivity index (χ1n) is 5.91. The molecule has 0 amide bonds. The van der Waals surface area contributed by atoms with E-state index in [1.54, 1.807) is 12.1 Å². The Morgan fingerprint density at radius 1 is 1.17 bits per heavy atom. The first-order valence-corrected chi connectivity index (χ1v) is 5.91. The highest BCUT2D eigenvalue weighted by molar-refractivity contribution is 5.62. The molecule has 0 unspecified atom stereocenters. The SMILES string of the molecule is CCN(O)Cc1c(N)ccc(N)c1CCC(O)O. The summed E-state index contributed by atoms with van der Waals surface area (Å²) >= 11 is 0. The fourth-order valence-electron chi connectivity index (χ4n) is 1.78. The van der Waals surface area contributed by atoms with Crippen LogP contribution in [0.25, 0.3) is 0 Å². The van der Waals surface area contributed by atoms with Crippen molar-refractivity contribution < 1.29 is 15.4 Å². The first kappa shape index (κ1) is 14.7. The highest BCUT2D eigenvalue weighted by atomic mass is 16.5. The summed E-state index contributed by atoms with van der Waals surface area (Å²) in [5.41, 5.74) is 14.3. The molecule has 0 radical (unpaired) electrons. The molecule has 0 saturated carbocycles. The molecule has 0 aromatic heterocycles. The Bertz CT molecular complexity index is 396. The molecule has 102 valence electrons. The third-order valence-corrected chi connectivity index (χ3v) is 2.86. The summed E-state index contributed by atoms with van der Waals surface area (Å²) in [6.45, 7) is 2.56. The van der Waals surface area contributed by atoms with Gasteiger partial charge in [0.15, 0.2) is 6.29 Å². The van der Waals surface area contributed by atoms with Crippen molar-refractivity contribution in [2.24, 2.45) is 0 Å². The van der Waals surface area contributed by atoms with E-state index in [0.717, 1.165) is 16.2 Å². The lowest BCUT2D eigenvalue weighted by Gasteiger charge is -2.19. The monoisotopic (exact) mass is 255 g/mol. The van der Waals surface area contributed by atoms with E-state index in [0.29, 0.717) is 24.3 Å². The van der Waals surface area contributed by atoms with Crippen molar-refractivity contribution in [3.8, 4) is 0 Å². The Labute approximate surface area is 106 Å². The van der Waals surface area contributed by atoms with Crippen molar-refractivity contribution in [3.63, 3.8) is 0 Å². The van der Waals surface area contributed by atoms with Crippen molar-refractivity contribution in [1.82, 2.24) is 5.06 Å². The third-order valence-electron chi connectivity index (χ3n) is 2.86. The molecule has 6 heteroatoms. The zero-order chi connectivity index (χ0) is 13.7. The highest BCUT2D eigenvalue weighted by Crippen LogP contribution is 2.26.